The number of hydrogen-bond acceptors (Lipinski definition) is 4. The number of anilines is 1. The molecule has 0 saturated carbocycles. The summed E-state index contributed by atoms with van der Waals surface area (Å²) in [6.07, 6.45) is 2.78. The summed E-state index contributed by atoms with van der Waals surface area (Å²) in [6, 6.07) is 2.03. The van der Waals surface area contributed by atoms with Crippen LogP contribution in [0.1, 0.15) is 43.2 Å². The number of carbonyl (C=O) groups is 1. The van der Waals surface area contributed by atoms with Crippen LogP contribution in [0, 0.1) is 6.92 Å². The highest BCUT2D eigenvalue weighted by molar-refractivity contribution is 5.99. The van der Waals surface area contributed by atoms with Crippen LogP contribution >= 0.6 is 0 Å². The maximum Gasteiger partial charge on any atom is 0.257 e. The lowest BCUT2D eigenvalue weighted by atomic mass is 10.1. The van der Waals surface area contributed by atoms with Crippen LogP contribution in [0.2, 0.25) is 0 Å². The molecule has 1 aromatic rings. The smallest absolute Gasteiger partial charge is 0.257 e. The second kappa shape index (κ2) is 6.89. The van der Waals surface area contributed by atoms with E-state index in [-0.39, 0.29) is 18.1 Å². The Bertz CT molecular complexity index is 504. The molecule has 1 amide bonds. The quantitative estimate of drug-likeness (QED) is 0.926. The molecule has 2 heterocycles. The minimum absolute atomic E-state index is 0.0313. The normalized spacial score (nSPS) is 22.2. The fourth-order valence-electron chi connectivity index (χ4n) is 2.48. The highest BCUT2D eigenvalue weighted by Gasteiger charge is 2.29. The summed E-state index contributed by atoms with van der Waals surface area (Å²) in [7, 11) is 0. The molecular formula is C16H25N3O2. The van der Waals surface area contributed by atoms with Gasteiger partial charge in [-0.25, -0.2) is 0 Å². The molecule has 5 heteroatoms. The van der Waals surface area contributed by atoms with Gasteiger partial charge in [-0.15, -0.1) is 0 Å². The van der Waals surface area contributed by atoms with E-state index >= 15 is 0 Å². The maximum atomic E-state index is 12.8. The Balaban J connectivity index is 2.25. The van der Waals surface area contributed by atoms with Crippen molar-refractivity contribution in [3.8, 4) is 0 Å². The van der Waals surface area contributed by atoms with E-state index < -0.39 is 0 Å². The fourth-order valence-corrected chi connectivity index (χ4v) is 2.48. The second-order valence-corrected chi connectivity index (χ2v) is 5.75. The van der Waals surface area contributed by atoms with E-state index in [1.165, 1.54) is 0 Å². The van der Waals surface area contributed by atoms with Gasteiger partial charge in [-0.3, -0.25) is 9.78 Å². The van der Waals surface area contributed by atoms with E-state index in [4.69, 9.17) is 4.74 Å². The SMILES string of the molecule is CCCNc1cc(C)ncc1C(=O)N1CC(C)OCC1C. The Labute approximate surface area is 126 Å². The van der Waals surface area contributed by atoms with Crippen molar-refractivity contribution in [3.05, 3.63) is 23.5 Å². The molecule has 2 unspecified atom stereocenters. The Morgan fingerprint density at radius 3 is 3.00 bits per heavy atom. The van der Waals surface area contributed by atoms with Crippen LogP contribution in [0.5, 0.6) is 0 Å². The number of amides is 1. The molecule has 1 aromatic heterocycles. The van der Waals surface area contributed by atoms with Gasteiger partial charge in [0.15, 0.2) is 0 Å². The standard InChI is InChI=1S/C16H25N3O2/c1-5-6-17-15-7-11(2)18-8-14(15)16(20)19-9-13(4)21-10-12(19)3/h7-8,12-13H,5-6,9-10H2,1-4H3,(H,17,18). The number of nitrogens with one attached hydrogen (secondary N) is 1. The van der Waals surface area contributed by atoms with Crippen LogP contribution in [0.25, 0.3) is 0 Å². The first-order valence-electron chi connectivity index (χ1n) is 7.66. The van der Waals surface area contributed by atoms with Gasteiger partial charge in [-0.05, 0) is 33.3 Å². The fraction of sp³-hybridized carbons (Fsp3) is 0.625. The lowest BCUT2D eigenvalue weighted by Gasteiger charge is -2.37. The van der Waals surface area contributed by atoms with Gasteiger partial charge >= 0.3 is 0 Å². The third-order valence-corrected chi connectivity index (χ3v) is 3.71. The van der Waals surface area contributed by atoms with Crippen LogP contribution in [0.3, 0.4) is 0 Å². The van der Waals surface area contributed by atoms with Gasteiger partial charge in [-0.2, -0.15) is 0 Å². The van der Waals surface area contributed by atoms with Crippen LogP contribution in [-0.2, 0) is 4.74 Å². The molecule has 1 aliphatic heterocycles. The van der Waals surface area contributed by atoms with Crippen LogP contribution in [0.4, 0.5) is 5.69 Å². The second-order valence-electron chi connectivity index (χ2n) is 5.75. The van der Waals surface area contributed by atoms with E-state index in [0.29, 0.717) is 18.7 Å². The molecule has 0 aliphatic carbocycles. The average Bonchev–Trinajstić information content (AvgIpc) is 2.47. The Hall–Kier alpha value is -1.62. The third kappa shape index (κ3) is 3.73. The summed E-state index contributed by atoms with van der Waals surface area (Å²) in [5, 5.41) is 3.33. The van der Waals surface area contributed by atoms with E-state index in [0.717, 1.165) is 24.3 Å². The van der Waals surface area contributed by atoms with Crippen molar-refractivity contribution < 1.29 is 9.53 Å². The predicted octanol–water partition coefficient (Wildman–Crippen LogP) is 2.46. The third-order valence-electron chi connectivity index (χ3n) is 3.71. The van der Waals surface area contributed by atoms with E-state index in [2.05, 4.69) is 17.2 Å². The molecule has 0 aromatic carbocycles. The van der Waals surface area contributed by atoms with Crippen molar-refractivity contribution >= 4 is 11.6 Å². The van der Waals surface area contributed by atoms with Gasteiger partial charge in [0.25, 0.3) is 5.91 Å². The molecule has 2 rings (SSSR count). The van der Waals surface area contributed by atoms with E-state index in [1.807, 2.05) is 31.7 Å². The lowest BCUT2D eigenvalue weighted by Crippen LogP contribution is -2.50. The summed E-state index contributed by atoms with van der Waals surface area (Å²) >= 11 is 0. The number of carbonyl (C=O) groups excluding carboxylic acids is 1. The maximum absolute atomic E-state index is 12.8. The van der Waals surface area contributed by atoms with Gasteiger partial charge in [0.1, 0.15) is 0 Å². The summed E-state index contributed by atoms with van der Waals surface area (Å²) in [4.78, 5) is 19.0. The first kappa shape index (κ1) is 15.8. The molecule has 0 spiro atoms. The predicted molar refractivity (Wildman–Crippen MR) is 83.7 cm³/mol. The van der Waals surface area contributed by atoms with Crippen molar-refractivity contribution in [2.75, 3.05) is 25.0 Å². The highest BCUT2D eigenvalue weighted by Crippen LogP contribution is 2.21. The summed E-state index contributed by atoms with van der Waals surface area (Å²) in [6.45, 7) is 10.1. The molecule has 0 bridgehead atoms. The highest BCUT2D eigenvalue weighted by atomic mass is 16.5. The van der Waals surface area contributed by atoms with Crippen molar-refractivity contribution in [2.45, 2.75) is 46.3 Å². The minimum atomic E-state index is 0.0313. The number of ether oxygens (including phenoxy) is 1. The molecule has 1 saturated heterocycles. The van der Waals surface area contributed by atoms with Gasteiger partial charge in [0, 0.05) is 25.0 Å². The van der Waals surface area contributed by atoms with Gasteiger partial charge in [0.05, 0.1) is 30.0 Å². The van der Waals surface area contributed by atoms with Gasteiger partial charge in [0.2, 0.25) is 0 Å². The summed E-state index contributed by atoms with van der Waals surface area (Å²) in [5.74, 6) is 0.0313. The number of aromatic nitrogens is 1. The Kier molecular flexibility index (Phi) is 5.17. The zero-order valence-corrected chi connectivity index (χ0v) is 13.3. The monoisotopic (exact) mass is 291 g/mol. The molecular weight excluding hydrogens is 266 g/mol. The van der Waals surface area contributed by atoms with E-state index in [9.17, 15) is 4.79 Å². The molecule has 1 aliphatic rings. The molecule has 0 radical (unpaired) electrons. The summed E-state index contributed by atoms with van der Waals surface area (Å²) in [5.41, 5.74) is 2.43. The Morgan fingerprint density at radius 1 is 1.52 bits per heavy atom. The van der Waals surface area contributed by atoms with Crippen LogP contribution in [0.15, 0.2) is 12.3 Å². The molecule has 21 heavy (non-hydrogen) atoms. The number of hydrogen-bond donors (Lipinski definition) is 1. The topological polar surface area (TPSA) is 54.5 Å². The lowest BCUT2D eigenvalue weighted by molar-refractivity contribution is -0.0386. The molecule has 1 N–H and O–H groups in total. The number of aryl methyl sites for hydroxylation is 1. The van der Waals surface area contributed by atoms with Crippen molar-refractivity contribution in [1.82, 2.24) is 9.88 Å². The largest absolute Gasteiger partial charge is 0.384 e. The first-order valence-corrected chi connectivity index (χ1v) is 7.66. The molecule has 116 valence electrons. The number of rotatable bonds is 4. The van der Waals surface area contributed by atoms with Gasteiger partial charge < -0.3 is 15.0 Å². The average molecular weight is 291 g/mol. The van der Waals surface area contributed by atoms with E-state index in [1.54, 1.807) is 6.20 Å². The number of morpholine rings is 1. The van der Waals surface area contributed by atoms with Gasteiger partial charge in [-0.1, -0.05) is 6.92 Å². The van der Waals surface area contributed by atoms with Crippen LogP contribution < -0.4 is 5.32 Å². The zero-order valence-electron chi connectivity index (χ0n) is 13.3. The number of nitrogens with zero attached hydrogens (tertiary/aromatic N) is 2. The van der Waals surface area contributed by atoms with Crippen molar-refractivity contribution in [3.63, 3.8) is 0 Å². The van der Waals surface area contributed by atoms with Crippen molar-refractivity contribution in [2.24, 2.45) is 0 Å². The molecule has 5 nitrogen and oxygen atoms in total. The molecule has 2 atom stereocenters. The Morgan fingerprint density at radius 2 is 2.29 bits per heavy atom. The van der Waals surface area contributed by atoms with Crippen LogP contribution in [-0.4, -0.2) is 47.6 Å². The zero-order chi connectivity index (χ0) is 15.4. The molecule has 1 fully saturated rings. The van der Waals surface area contributed by atoms with Crippen molar-refractivity contribution in [1.29, 1.82) is 0 Å². The summed E-state index contributed by atoms with van der Waals surface area (Å²) < 4.78 is 5.60. The first-order chi connectivity index (χ1) is 10.0. The minimum Gasteiger partial charge on any atom is -0.384 e. The number of pyridine rings is 1.